The lowest BCUT2D eigenvalue weighted by atomic mass is 9.94. The molecule has 0 aromatic heterocycles. The van der Waals surface area contributed by atoms with Gasteiger partial charge in [-0.25, -0.2) is 0 Å². The molecule has 4 rings (SSSR count). The van der Waals surface area contributed by atoms with Gasteiger partial charge in [0.05, 0.1) is 19.1 Å². The van der Waals surface area contributed by atoms with E-state index in [0.717, 1.165) is 50.8 Å². The van der Waals surface area contributed by atoms with Gasteiger partial charge in [0.15, 0.2) is 11.5 Å². The molecule has 2 aliphatic heterocycles. The lowest BCUT2D eigenvalue weighted by molar-refractivity contribution is -0.150. The van der Waals surface area contributed by atoms with Gasteiger partial charge >= 0.3 is 5.97 Å². The zero-order valence-electron chi connectivity index (χ0n) is 17.1. The number of carbonyl (C=O) groups excluding carboxylic acids is 2. The molecule has 1 N–H and O–H groups in total. The summed E-state index contributed by atoms with van der Waals surface area (Å²) in [5.74, 6) is 0.529. The summed E-state index contributed by atoms with van der Waals surface area (Å²) in [6, 6.07) is 5.56. The third kappa shape index (κ3) is 4.66. The smallest absolute Gasteiger partial charge is 0.310 e. The van der Waals surface area contributed by atoms with E-state index in [1.54, 1.807) is 0 Å². The first-order valence-corrected chi connectivity index (χ1v) is 10.8. The van der Waals surface area contributed by atoms with E-state index in [-0.39, 0.29) is 24.3 Å². The molecule has 7 heteroatoms. The van der Waals surface area contributed by atoms with Crippen LogP contribution in [-0.4, -0.2) is 48.8 Å². The van der Waals surface area contributed by atoms with Crippen molar-refractivity contribution in [2.45, 2.75) is 57.7 Å². The van der Waals surface area contributed by atoms with Crippen LogP contribution in [0.3, 0.4) is 0 Å². The molecule has 1 amide bonds. The molecule has 0 radical (unpaired) electrons. The number of rotatable bonds is 5. The third-order valence-electron chi connectivity index (χ3n) is 5.93. The second-order valence-corrected chi connectivity index (χ2v) is 8.21. The fraction of sp³-hybridized carbons (Fsp3) is 0.636. The van der Waals surface area contributed by atoms with Crippen molar-refractivity contribution in [2.24, 2.45) is 5.92 Å². The van der Waals surface area contributed by atoms with E-state index in [2.05, 4.69) is 5.32 Å². The van der Waals surface area contributed by atoms with Gasteiger partial charge in [-0.1, -0.05) is 6.42 Å². The molecule has 1 aromatic rings. The number of benzene rings is 1. The minimum absolute atomic E-state index is 0.0965. The van der Waals surface area contributed by atoms with Crippen molar-refractivity contribution in [3.8, 4) is 11.5 Å². The normalized spacial score (nSPS) is 23.0. The van der Waals surface area contributed by atoms with Gasteiger partial charge in [-0.2, -0.15) is 0 Å². The van der Waals surface area contributed by atoms with Crippen LogP contribution in [0.25, 0.3) is 0 Å². The second-order valence-electron chi connectivity index (χ2n) is 8.21. The van der Waals surface area contributed by atoms with E-state index in [1.165, 1.54) is 6.42 Å². The molecular weight excluding hydrogens is 372 g/mol. The summed E-state index contributed by atoms with van der Waals surface area (Å²) in [6.07, 6.45) is 6.96. The van der Waals surface area contributed by atoms with E-state index >= 15 is 0 Å². The molecule has 2 fully saturated rings. The van der Waals surface area contributed by atoms with Gasteiger partial charge in [0, 0.05) is 31.1 Å². The molecule has 2 heterocycles. The van der Waals surface area contributed by atoms with Crippen molar-refractivity contribution < 1.29 is 23.8 Å². The minimum Gasteiger partial charge on any atom is -0.466 e. The van der Waals surface area contributed by atoms with Crippen LogP contribution in [-0.2, 0) is 14.3 Å². The van der Waals surface area contributed by atoms with Gasteiger partial charge in [0.1, 0.15) is 0 Å². The number of hydrogen-bond acceptors (Lipinski definition) is 6. The Morgan fingerprint density at radius 1 is 1.17 bits per heavy atom. The third-order valence-corrected chi connectivity index (χ3v) is 5.93. The Kier molecular flexibility index (Phi) is 5.94. The lowest BCUT2D eigenvalue weighted by Crippen LogP contribution is -2.43. The average molecular weight is 402 g/mol. The Balaban J connectivity index is 1.32. The summed E-state index contributed by atoms with van der Waals surface area (Å²) < 4.78 is 17.3. The maximum Gasteiger partial charge on any atom is 0.310 e. The number of piperidine rings is 1. The van der Waals surface area contributed by atoms with E-state index in [1.807, 2.05) is 30.0 Å². The van der Waals surface area contributed by atoms with Crippen LogP contribution in [0.2, 0.25) is 0 Å². The fourth-order valence-electron chi connectivity index (χ4n) is 4.52. The predicted molar refractivity (Wildman–Crippen MR) is 108 cm³/mol. The number of hydrogen-bond donors (Lipinski definition) is 1. The highest BCUT2D eigenvalue weighted by Crippen LogP contribution is 2.46. The zero-order chi connectivity index (χ0) is 20.3. The van der Waals surface area contributed by atoms with Gasteiger partial charge < -0.3 is 19.5 Å². The van der Waals surface area contributed by atoms with Crippen molar-refractivity contribution >= 4 is 17.6 Å². The molecule has 1 spiro atoms. The van der Waals surface area contributed by atoms with E-state index < -0.39 is 5.79 Å². The molecule has 1 saturated heterocycles. The van der Waals surface area contributed by atoms with Crippen molar-refractivity contribution in [3.63, 3.8) is 0 Å². The van der Waals surface area contributed by atoms with E-state index in [0.29, 0.717) is 24.6 Å². The van der Waals surface area contributed by atoms with Crippen LogP contribution in [0.15, 0.2) is 18.2 Å². The Morgan fingerprint density at radius 2 is 1.97 bits per heavy atom. The van der Waals surface area contributed by atoms with E-state index in [4.69, 9.17) is 14.2 Å². The van der Waals surface area contributed by atoms with Crippen molar-refractivity contribution in [2.75, 3.05) is 31.6 Å². The molecular formula is C22H30N2O5. The molecule has 3 aliphatic rings. The van der Waals surface area contributed by atoms with Crippen LogP contribution >= 0.6 is 0 Å². The zero-order valence-corrected chi connectivity index (χ0v) is 17.1. The van der Waals surface area contributed by atoms with Crippen LogP contribution < -0.4 is 14.8 Å². The summed E-state index contributed by atoms with van der Waals surface area (Å²) >= 11 is 0. The molecule has 0 bridgehead atoms. The maximum absolute atomic E-state index is 12.5. The number of nitrogens with zero attached hydrogens (tertiary/aromatic N) is 1. The molecule has 1 atom stereocenters. The second kappa shape index (κ2) is 8.61. The molecule has 29 heavy (non-hydrogen) atoms. The Morgan fingerprint density at radius 3 is 2.76 bits per heavy atom. The molecule has 1 saturated carbocycles. The Hall–Kier alpha value is -2.28. The van der Waals surface area contributed by atoms with Gasteiger partial charge in [-0.3, -0.25) is 14.5 Å². The Labute approximate surface area is 171 Å². The summed E-state index contributed by atoms with van der Waals surface area (Å²) in [5.41, 5.74) is 0.698. The van der Waals surface area contributed by atoms with Crippen LogP contribution in [0.5, 0.6) is 11.5 Å². The number of nitrogens with one attached hydrogen (secondary N) is 1. The number of likely N-dealkylation sites (tertiary alicyclic amines) is 1. The maximum atomic E-state index is 12.5. The Bertz CT molecular complexity index is 760. The summed E-state index contributed by atoms with van der Waals surface area (Å²) in [6.45, 7) is 3.84. The van der Waals surface area contributed by atoms with Crippen LogP contribution in [0, 0.1) is 5.92 Å². The molecule has 7 nitrogen and oxygen atoms in total. The van der Waals surface area contributed by atoms with Crippen molar-refractivity contribution in [1.82, 2.24) is 4.90 Å². The number of esters is 1. The summed E-state index contributed by atoms with van der Waals surface area (Å²) in [4.78, 5) is 26.5. The van der Waals surface area contributed by atoms with Crippen molar-refractivity contribution in [3.05, 3.63) is 18.2 Å². The monoisotopic (exact) mass is 402 g/mol. The topological polar surface area (TPSA) is 77.1 Å². The number of anilines is 1. The number of ether oxygens (including phenoxy) is 3. The standard InChI is InChI=1S/C22H30N2O5/c1-2-27-21(26)16-7-6-12-24(14-16)15-20(25)23-17-8-9-18-19(13-17)29-22(28-18)10-4-3-5-11-22/h8-9,13,16H,2-7,10-12,14-15H2,1H3,(H,23,25)/t16-/m0/s1. The highest BCUT2D eigenvalue weighted by molar-refractivity contribution is 5.92. The summed E-state index contributed by atoms with van der Waals surface area (Å²) in [7, 11) is 0. The SMILES string of the molecule is CCOC(=O)[C@H]1CCCN(CC(=O)Nc2ccc3c(c2)OC2(CCCCC2)O3)C1. The quantitative estimate of drug-likeness (QED) is 0.762. The first-order valence-electron chi connectivity index (χ1n) is 10.8. The molecule has 1 aliphatic carbocycles. The molecule has 1 aromatic carbocycles. The number of fused-ring (bicyclic) bond motifs is 1. The predicted octanol–water partition coefficient (Wildman–Crippen LogP) is 3.33. The van der Waals surface area contributed by atoms with Crippen molar-refractivity contribution in [1.29, 1.82) is 0 Å². The lowest BCUT2D eigenvalue weighted by Gasteiger charge is -2.31. The first kappa shape index (κ1) is 20.0. The molecule has 0 unspecified atom stereocenters. The van der Waals surface area contributed by atoms with Gasteiger partial charge in [-0.15, -0.1) is 0 Å². The first-order chi connectivity index (χ1) is 14.1. The van der Waals surface area contributed by atoms with Gasteiger partial charge in [-0.05, 0) is 51.3 Å². The fourth-order valence-corrected chi connectivity index (χ4v) is 4.52. The highest BCUT2D eigenvalue weighted by atomic mass is 16.7. The van der Waals surface area contributed by atoms with Gasteiger partial charge in [0.25, 0.3) is 5.79 Å². The van der Waals surface area contributed by atoms with Crippen LogP contribution in [0.4, 0.5) is 5.69 Å². The largest absolute Gasteiger partial charge is 0.466 e. The average Bonchev–Trinajstić information content (AvgIpc) is 3.05. The molecule has 158 valence electrons. The van der Waals surface area contributed by atoms with Gasteiger partial charge in [0.2, 0.25) is 5.91 Å². The number of carbonyl (C=O) groups is 2. The highest BCUT2D eigenvalue weighted by Gasteiger charge is 2.42. The van der Waals surface area contributed by atoms with E-state index in [9.17, 15) is 9.59 Å². The number of amides is 1. The minimum atomic E-state index is -0.515. The summed E-state index contributed by atoms with van der Waals surface area (Å²) in [5, 5.41) is 2.95. The van der Waals surface area contributed by atoms with Crippen LogP contribution in [0.1, 0.15) is 51.9 Å².